The largest absolute Gasteiger partial charge is 0.454 e. The summed E-state index contributed by atoms with van der Waals surface area (Å²) in [5.41, 5.74) is 15.4. The van der Waals surface area contributed by atoms with E-state index in [0.717, 1.165) is 11.1 Å². The second-order valence-corrected chi connectivity index (χ2v) is 5.97. The molecule has 0 unspecified atom stereocenters. The molecule has 2 aromatic carbocycles. The van der Waals surface area contributed by atoms with Gasteiger partial charge in [-0.1, -0.05) is 0 Å². The van der Waals surface area contributed by atoms with Gasteiger partial charge in [-0.3, -0.25) is 0 Å². The number of anilines is 2. The molecule has 0 spiro atoms. The number of nitrogens with two attached hydrogens (primary N) is 2. The van der Waals surface area contributed by atoms with E-state index >= 15 is 0 Å². The topological polar surface area (TPSA) is 135 Å². The Kier molecular flexibility index (Phi) is 4.61. The first-order chi connectivity index (χ1) is 13.0. The Balaban J connectivity index is 2.25. The summed E-state index contributed by atoms with van der Waals surface area (Å²) in [5, 5.41) is 18.5. The normalized spacial score (nSPS) is 10.1. The first kappa shape index (κ1) is 17.7. The van der Waals surface area contributed by atoms with E-state index in [0.29, 0.717) is 22.7 Å². The van der Waals surface area contributed by atoms with Crippen molar-refractivity contribution in [2.24, 2.45) is 0 Å². The average Bonchev–Trinajstić information content (AvgIpc) is 2.67. The first-order valence-corrected chi connectivity index (χ1v) is 8.05. The molecule has 1 aromatic heterocycles. The van der Waals surface area contributed by atoms with Crippen molar-refractivity contribution in [2.75, 3.05) is 11.5 Å². The highest BCUT2D eigenvalue weighted by Gasteiger charge is 2.22. The molecule has 7 nitrogen and oxygen atoms in total. The third kappa shape index (κ3) is 3.22. The number of rotatable bonds is 3. The number of nitrogen functional groups attached to an aromatic ring is 2. The van der Waals surface area contributed by atoms with Gasteiger partial charge in [0.2, 0.25) is 0 Å². The molecule has 7 heteroatoms. The van der Waals surface area contributed by atoms with Crippen LogP contribution in [0.5, 0.6) is 11.5 Å². The lowest BCUT2D eigenvalue weighted by Crippen LogP contribution is -2.05. The van der Waals surface area contributed by atoms with Crippen LogP contribution in [0.2, 0.25) is 0 Å². The van der Waals surface area contributed by atoms with Crippen molar-refractivity contribution in [3.63, 3.8) is 0 Å². The second kappa shape index (κ2) is 7.03. The molecular weight excluding hydrogens is 340 g/mol. The van der Waals surface area contributed by atoms with E-state index in [2.05, 4.69) is 16.0 Å². The summed E-state index contributed by atoms with van der Waals surface area (Å²) in [6.07, 6.45) is 3.14. The lowest BCUT2D eigenvalue weighted by Gasteiger charge is -2.18. The van der Waals surface area contributed by atoms with Gasteiger partial charge >= 0.3 is 0 Å². The fraction of sp³-hybridized carbons (Fsp3) is 0.100. The molecular formula is C20H16N6O. The van der Waals surface area contributed by atoms with Gasteiger partial charge in [0, 0.05) is 12.4 Å². The summed E-state index contributed by atoms with van der Waals surface area (Å²) in [6.45, 7) is 3.68. The molecule has 132 valence electrons. The molecule has 0 aliphatic carbocycles. The fourth-order valence-electron chi connectivity index (χ4n) is 2.83. The van der Waals surface area contributed by atoms with Crippen molar-refractivity contribution in [1.29, 1.82) is 10.5 Å². The Morgan fingerprint density at radius 2 is 1.56 bits per heavy atom. The monoisotopic (exact) mass is 356 g/mol. The molecule has 0 aliphatic rings. The van der Waals surface area contributed by atoms with Crippen LogP contribution in [0.25, 0.3) is 11.4 Å². The van der Waals surface area contributed by atoms with E-state index in [-0.39, 0.29) is 22.7 Å². The summed E-state index contributed by atoms with van der Waals surface area (Å²) in [6, 6.07) is 10.7. The quantitative estimate of drug-likeness (QED) is 0.686. The van der Waals surface area contributed by atoms with Gasteiger partial charge in [-0.05, 0) is 49.2 Å². The minimum Gasteiger partial charge on any atom is -0.454 e. The zero-order valence-corrected chi connectivity index (χ0v) is 14.8. The van der Waals surface area contributed by atoms with Gasteiger partial charge < -0.3 is 16.2 Å². The molecule has 3 aromatic rings. The lowest BCUT2D eigenvalue weighted by atomic mass is 10.0. The highest BCUT2D eigenvalue weighted by molar-refractivity contribution is 5.88. The van der Waals surface area contributed by atoms with Crippen molar-refractivity contribution in [1.82, 2.24) is 9.97 Å². The molecule has 0 fully saturated rings. The van der Waals surface area contributed by atoms with E-state index < -0.39 is 0 Å². The summed E-state index contributed by atoms with van der Waals surface area (Å²) >= 11 is 0. The van der Waals surface area contributed by atoms with Crippen molar-refractivity contribution in [2.45, 2.75) is 13.8 Å². The van der Waals surface area contributed by atoms with Gasteiger partial charge in [0.1, 0.15) is 11.8 Å². The Morgan fingerprint density at radius 1 is 0.926 bits per heavy atom. The maximum absolute atomic E-state index is 9.34. The predicted octanol–water partition coefficient (Wildman–Crippen LogP) is 3.46. The van der Waals surface area contributed by atoms with Crippen LogP contribution >= 0.6 is 0 Å². The van der Waals surface area contributed by atoms with Crippen molar-refractivity contribution >= 4 is 11.4 Å². The smallest absolute Gasteiger partial charge is 0.165 e. The molecule has 0 radical (unpaired) electrons. The van der Waals surface area contributed by atoms with Gasteiger partial charge in [0.25, 0.3) is 0 Å². The van der Waals surface area contributed by atoms with Crippen molar-refractivity contribution in [3.8, 4) is 35.0 Å². The standard InChI is InChI=1S/C20H16N6O/c1-11-6-13(9-21)7-12(2)18(11)27-19-15(23)8-14(10-22)17(24)16(19)20-25-4-3-5-26-20/h3-8H,23-24H2,1-2H3. The number of hydrogen-bond donors (Lipinski definition) is 2. The number of ether oxygens (including phenoxy) is 1. The molecule has 0 aliphatic heterocycles. The number of aryl methyl sites for hydroxylation is 2. The summed E-state index contributed by atoms with van der Waals surface area (Å²) in [4.78, 5) is 8.44. The maximum atomic E-state index is 9.34. The molecule has 4 N–H and O–H groups in total. The lowest BCUT2D eigenvalue weighted by molar-refractivity contribution is 0.479. The van der Waals surface area contributed by atoms with E-state index in [4.69, 9.17) is 21.5 Å². The first-order valence-electron chi connectivity index (χ1n) is 8.05. The van der Waals surface area contributed by atoms with Gasteiger partial charge in [0.05, 0.1) is 34.1 Å². The van der Waals surface area contributed by atoms with Crippen LogP contribution in [0.15, 0.2) is 36.7 Å². The number of hydrogen-bond acceptors (Lipinski definition) is 7. The van der Waals surface area contributed by atoms with Gasteiger partial charge in [-0.25, -0.2) is 9.97 Å². The Bertz CT molecular complexity index is 1090. The third-order valence-corrected chi connectivity index (χ3v) is 4.05. The Hall–Kier alpha value is -4.10. The van der Waals surface area contributed by atoms with Crippen LogP contribution in [-0.2, 0) is 0 Å². The van der Waals surface area contributed by atoms with Crippen LogP contribution in [-0.4, -0.2) is 9.97 Å². The summed E-state index contributed by atoms with van der Waals surface area (Å²) in [7, 11) is 0. The van der Waals surface area contributed by atoms with E-state index in [9.17, 15) is 5.26 Å². The average molecular weight is 356 g/mol. The van der Waals surface area contributed by atoms with Gasteiger partial charge in [0.15, 0.2) is 11.6 Å². The van der Waals surface area contributed by atoms with Crippen LogP contribution < -0.4 is 16.2 Å². The van der Waals surface area contributed by atoms with Gasteiger partial charge in [-0.2, -0.15) is 10.5 Å². The van der Waals surface area contributed by atoms with Crippen LogP contribution in [0.1, 0.15) is 22.3 Å². The number of nitriles is 2. The molecule has 0 bridgehead atoms. The van der Waals surface area contributed by atoms with Crippen LogP contribution in [0, 0.1) is 36.5 Å². The second-order valence-electron chi connectivity index (χ2n) is 5.97. The van der Waals surface area contributed by atoms with E-state index in [1.54, 1.807) is 30.6 Å². The van der Waals surface area contributed by atoms with E-state index in [1.807, 2.05) is 19.9 Å². The minimum absolute atomic E-state index is 0.192. The summed E-state index contributed by atoms with van der Waals surface area (Å²) < 4.78 is 6.13. The number of benzene rings is 2. The molecule has 1 heterocycles. The Labute approximate surface area is 156 Å². The molecule has 0 amide bonds. The third-order valence-electron chi connectivity index (χ3n) is 4.05. The predicted molar refractivity (Wildman–Crippen MR) is 102 cm³/mol. The van der Waals surface area contributed by atoms with Crippen LogP contribution in [0.3, 0.4) is 0 Å². The molecule has 0 saturated heterocycles. The van der Waals surface area contributed by atoms with Crippen molar-refractivity contribution < 1.29 is 4.74 Å². The molecule has 3 rings (SSSR count). The highest BCUT2D eigenvalue weighted by Crippen LogP contribution is 2.43. The fourth-order valence-corrected chi connectivity index (χ4v) is 2.83. The zero-order valence-electron chi connectivity index (χ0n) is 14.8. The highest BCUT2D eigenvalue weighted by atomic mass is 16.5. The Morgan fingerprint density at radius 3 is 2.11 bits per heavy atom. The minimum atomic E-state index is 0.192. The molecule has 0 atom stereocenters. The number of aromatic nitrogens is 2. The van der Waals surface area contributed by atoms with Crippen molar-refractivity contribution in [3.05, 3.63) is 58.9 Å². The van der Waals surface area contributed by atoms with Gasteiger partial charge in [-0.15, -0.1) is 0 Å². The number of nitrogens with zero attached hydrogens (tertiary/aromatic N) is 4. The SMILES string of the molecule is Cc1cc(C#N)cc(C)c1Oc1c(N)cc(C#N)c(N)c1-c1ncccn1. The van der Waals surface area contributed by atoms with E-state index in [1.165, 1.54) is 6.07 Å². The zero-order chi connectivity index (χ0) is 19.6. The maximum Gasteiger partial charge on any atom is 0.165 e. The molecule has 0 saturated carbocycles. The van der Waals surface area contributed by atoms with Crippen LogP contribution in [0.4, 0.5) is 11.4 Å². The molecule has 27 heavy (non-hydrogen) atoms. The summed E-state index contributed by atoms with van der Waals surface area (Å²) in [5.74, 6) is 1.13.